The molecule has 2 rings (SSSR count). The van der Waals surface area contributed by atoms with Gasteiger partial charge in [-0.15, -0.1) is 0 Å². The van der Waals surface area contributed by atoms with E-state index in [1.807, 2.05) is 6.92 Å². The summed E-state index contributed by atoms with van der Waals surface area (Å²) in [5.74, 6) is -0.985. The summed E-state index contributed by atoms with van der Waals surface area (Å²) in [5, 5.41) is 8.44. The molecular weight excluding hydrogens is 332 g/mol. The van der Waals surface area contributed by atoms with Gasteiger partial charge in [0.1, 0.15) is 0 Å². The van der Waals surface area contributed by atoms with Crippen LogP contribution in [0.1, 0.15) is 34.1 Å². The first-order valence-corrected chi connectivity index (χ1v) is 8.31. The molecule has 26 heavy (non-hydrogen) atoms. The lowest BCUT2D eigenvalue weighted by atomic mass is 10.2. The highest BCUT2D eigenvalue weighted by molar-refractivity contribution is 5.98. The Bertz CT molecular complexity index is 805. The van der Waals surface area contributed by atoms with Gasteiger partial charge in [-0.25, -0.2) is 0 Å². The molecule has 0 fully saturated rings. The zero-order valence-corrected chi connectivity index (χ0v) is 14.5. The topological polar surface area (TPSA) is 113 Å². The van der Waals surface area contributed by atoms with Crippen molar-refractivity contribution < 1.29 is 14.4 Å². The fourth-order valence-corrected chi connectivity index (χ4v) is 2.25. The first kappa shape index (κ1) is 19.0. The second-order valence-corrected chi connectivity index (χ2v) is 5.68. The number of rotatable bonds is 8. The van der Waals surface area contributed by atoms with Crippen LogP contribution in [0.25, 0.3) is 0 Å². The zero-order valence-electron chi connectivity index (χ0n) is 14.5. The molecule has 7 heteroatoms. The van der Waals surface area contributed by atoms with Crippen LogP contribution >= 0.6 is 0 Å². The second kappa shape index (κ2) is 9.22. The summed E-state index contributed by atoms with van der Waals surface area (Å²) >= 11 is 0. The third-order valence-electron chi connectivity index (χ3n) is 3.54. The number of nitrogens with one attached hydrogen (secondary N) is 3. The number of anilines is 2. The molecule has 0 saturated carbocycles. The molecule has 0 aliphatic carbocycles. The molecule has 7 nitrogen and oxygen atoms in total. The average Bonchev–Trinajstić information content (AvgIpc) is 2.65. The number of carbonyl (C=O) groups excluding carboxylic acids is 3. The molecule has 2 aromatic carbocycles. The smallest absolute Gasteiger partial charge is 0.251 e. The standard InChI is InChI=1S/C19H22N4O3/c1-2-9-21-19(26)14-6-4-8-16(11-14)23-17(24)12-22-15-7-3-5-13(10-15)18(20)25/h3-8,10-11,22H,2,9,12H2,1H3,(H2,20,25)(H,21,26)(H,23,24). The molecule has 0 saturated heterocycles. The fraction of sp³-hybridized carbons (Fsp3) is 0.211. The molecule has 0 unspecified atom stereocenters. The van der Waals surface area contributed by atoms with Crippen molar-refractivity contribution in [1.82, 2.24) is 5.32 Å². The number of benzene rings is 2. The number of hydrogen-bond acceptors (Lipinski definition) is 4. The van der Waals surface area contributed by atoms with E-state index in [1.54, 1.807) is 48.5 Å². The Morgan fingerprint density at radius 1 is 0.962 bits per heavy atom. The van der Waals surface area contributed by atoms with Gasteiger partial charge in [-0.05, 0) is 42.8 Å². The summed E-state index contributed by atoms with van der Waals surface area (Å²) in [6, 6.07) is 13.3. The summed E-state index contributed by atoms with van der Waals surface area (Å²) in [6.45, 7) is 2.58. The first-order valence-electron chi connectivity index (χ1n) is 8.31. The monoisotopic (exact) mass is 354 g/mol. The van der Waals surface area contributed by atoms with Gasteiger partial charge in [-0.1, -0.05) is 19.1 Å². The zero-order chi connectivity index (χ0) is 18.9. The van der Waals surface area contributed by atoms with Crippen LogP contribution in [-0.2, 0) is 4.79 Å². The van der Waals surface area contributed by atoms with Crippen LogP contribution in [0.5, 0.6) is 0 Å². The van der Waals surface area contributed by atoms with Crippen LogP contribution in [0.2, 0.25) is 0 Å². The first-order chi connectivity index (χ1) is 12.5. The Hall–Kier alpha value is -3.35. The van der Waals surface area contributed by atoms with E-state index >= 15 is 0 Å². The number of hydrogen-bond donors (Lipinski definition) is 4. The summed E-state index contributed by atoms with van der Waals surface area (Å²) in [6.07, 6.45) is 0.852. The predicted octanol–water partition coefficient (Wildman–Crippen LogP) is 1.98. The Kier molecular flexibility index (Phi) is 6.73. The van der Waals surface area contributed by atoms with Gasteiger partial charge >= 0.3 is 0 Å². The van der Waals surface area contributed by atoms with Crippen molar-refractivity contribution in [3.05, 3.63) is 59.7 Å². The lowest BCUT2D eigenvalue weighted by Gasteiger charge is -2.10. The SMILES string of the molecule is CCCNC(=O)c1cccc(NC(=O)CNc2cccc(C(N)=O)c2)c1. The minimum Gasteiger partial charge on any atom is -0.376 e. The number of carbonyl (C=O) groups is 3. The van der Waals surface area contributed by atoms with E-state index in [-0.39, 0.29) is 18.4 Å². The van der Waals surface area contributed by atoms with E-state index in [2.05, 4.69) is 16.0 Å². The molecule has 2 aromatic rings. The van der Waals surface area contributed by atoms with Crippen LogP contribution in [-0.4, -0.2) is 30.8 Å². The maximum Gasteiger partial charge on any atom is 0.251 e. The van der Waals surface area contributed by atoms with Gasteiger partial charge in [0, 0.05) is 29.0 Å². The molecule has 0 atom stereocenters. The van der Waals surface area contributed by atoms with E-state index in [4.69, 9.17) is 5.73 Å². The van der Waals surface area contributed by atoms with Crippen LogP contribution in [0, 0.1) is 0 Å². The van der Waals surface area contributed by atoms with Crippen LogP contribution in [0.3, 0.4) is 0 Å². The van der Waals surface area contributed by atoms with Gasteiger partial charge in [0.15, 0.2) is 0 Å². The third kappa shape index (κ3) is 5.62. The van der Waals surface area contributed by atoms with Crippen molar-refractivity contribution in [2.75, 3.05) is 23.7 Å². The van der Waals surface area contributed by atoms with Crippen molar-refractivity contribution in [3.8, 4) is 0 Å². The molecule has 0 aliphatic rings. The largest absolute Gasteiger partial charge is 0.376 e. The van der Waals surface area contributed by atoms with Gasteiger partial charge in [0.05, 0.1) is 6.54 Å². The van der Waals surface area contributed by atoms with Gasteiger partial charge in [-0.3, -0.25) is 14.4 Å². The minimum absolute atomic E-state index is 0.00841. The maximum atomic E-state index is 12.1. The molecule has 0 heterocycles. The molecule has 136 valence electrons. The van der Waals surface area contributed by atoms with Crippen molar-refractivity contribution >= 4 is 29.1 Å². The van der Waals surface area contributed by atoms with Crippen LogP contribution < -0.4 is 21.7 Å². The van der Waals surface area contributed by atoms with E-state index in [0.29, 0.717) is 29.0 Å². The maximum absolute atomic E-state index is 12.1. The molecular formula is C19H22N4O3. The lowest BCUT2D eigenvalue weighted by molar-refractivity contribution is -0.114. The molecule has 0 aromatic heterocycles. The fourth-order valence-electron chi connectivity index (χ4n) is 2.25. The van der Waals surface area contributed by atoms with Crippen molar-refractivity contribution in [1.29, 1.82) is 0 Å². The predicted molar refractivity (Wildman–Crippen MR) is 101 cm³/mol. The van der Waals surface area contributed by atoms with Crippen molar-refractivity contribution in [2.45, 2.75) is 13.3 Å². The molecule has 0 bridgehead atoms. The molecule has 0 radical (unpaired) electrons. The van der Waals surface area contributed by atoms with E-state index in [0.717, 1.165) is 6.42 Å². The molecule has 3 amide bonds. The Morgan fingerprint density at radius 2 is 1.62 bits per heavy atom. The lowest BCUT2D eigenvalue weighted by Crippen LogP contribution is -2.25. The summed E-state index contributed by atoms with van der Waals surface area (Å²) in [4.78, 5) is 35.2. The quantitative estimate of drug-likeness (QED) is 0.580. The Balaban J connectivity index is 1.92. The van der Waals surface area contributed by atoms with E-state index in [9.17, 15) is 14.4 Å². The van der Waals surface area contributed by atoms with E-state index < -0.39 is 5.91 Å². The normalized spacial score (nSPS) is 10.0. The number of primary amides is 1. The van der Waals surface area contributed by atoms with Gasteiger partial charge < -0.3 is 21.7 Å². The number of amides is 3. The van der Waals surface area contributed by atoms with E-state index in [1.165, 1.54) is 0 Å². The highest BCUT2D eigenvalue weighted by Gasteiger charge is 2.08. The highest BCUT2D eigenvalue weighted by atomic mass is 16.2. The summed E-state index contributed by atoms with van der Waals surface area (Å²) in [7, 11) is 0. The van der Waals surface area contributed by atoms with Crippen LogP contribution in [0.15, 0.2) is 48.5 Å². The summed E-state index contributed by atoms with van der Waals surface area (Å²) < 4.78 is 0. The third-order valence-corrected chi connectivity index (χ3v) is 3.54. The van der Waals surface area contributed by atoms with Crippen LogP contribution in [0.4, 0.5) is 11.4 Å². The molecule has 5 N–H and O–H groups in total. The molecule has 0 aliphatic heterocycles. The van der Waals surface area contributed by atoms with Gasteiger partial charge in [0.25, 0.3) is 5.91 Å². The Labute approximate surface area is 152 Å². The second-order valence-electron chi connectivity index (χ2n) is 5.68. The number of nitrogens with two attached hydrogens (primary N) is 1. The van der Waals surface area contributed by atoms with Crippen molar-refractivity contribution in [3.63, 3.8) is 0 Å². The average molecular weight is 354 g/mol. The molecule has 0 spiro atoms. The van der Waals surface area contributed by atoms with Crippen molar-refractivity contribution in [2.24, 2.45) is 5.73 Å². The van der Waals surface area contributed by atoms with Gasteiger partial charge in [0.2, 0.25) is 11.8 Å². The minimum atomic E-state index is -0.531. The highest BCUT2D eigenvalue weighted by Crippen LogP contribution is 2.12. The summed E-state index contributed by atoms with van der Waals surface area (Å²) in [5.41, 5.74) is 7.23. The Morgan fingerprint density at radius 3 is 2.31 bits per heavy atom. The van der Waals surface area contributed by atoms with Gasteiger partial charge in [-0.2, -0.15) is 0 Å².